The highest BCUT2D eigenvalue weighted by molar-refractivity contribution is 7.46. The summed E-state index contributed by atoms with van der Waals surface area (Å²) in [5.41, 5.74) is 3.93. The monoisotopic (exact) mass is 489 g/mol. The first-order chi connectivity index (χ1) is 15.5. The lowest BCUT2D eigenvalue weighted by Gasteiger charge is -2.47. The van der Waals surface area contributed by atoms with Gasteiger partial charge in [-0.2, -0.15) is 0 Å². The molecule has 3 aliphatic rings. The van der Waals surface area contributed by atoms with Crippen LogP contribution in [0.4, 0.5) is 0 Å². The van der Waals surface area contributed by atoms with Gasteiger partial charge in [0.15, 0.2) is 0 Å². The van der Waals surface area contributed by atoms with Crippen LogP contribution in [-0.2, 0) is 18.6 Å². The first kappa shape index (κ1) is 26.3. The number of nitrogens with two attached hydrogens (primary N) is 1. The van der Waals surface area contributed by atoms with Gasteiger partial charge in [0.2, 0.25) is 0 Å². The zero-order valence-electron chi connectivity index (χ0n) is 19.0. The number of aliphatic hydroxyl groups is 2. The van der Waals surface area contributed by atoms with Gasteiger partial charge in [0.05, 0.1) is 12.1 Å². The van der Waals surface area contributed by atoms with Crippen LogP contribution in [0.2, 0.25) is 0 Å². The maximum atomic E-state index is 13.9. The summed E-state index contributed by atoms with van der Waals surface area (Å²) in [4.78, 5) is 38.1. The number of hydrogen-bond acceptors (Lipinski definition) is 8. The van der Waals surface area contributed by atoms with E-state index in [1.165, 1.54) is 12.0 Å². The number of ether oxygens (including phenoxy) is 1. The zero-order chi connectivity index (χ0) is 24.3. The van der Waals surface area contributed by atoms with Crippen LogP contribution in [0.1, 0.15) is 64.2 Å². The van der Waals surface area contributed by atoms with E-state index >= 15 is 0 Å². The van der Waals surface area contributed by atoms with Gasteiger partial charge < -0.3 is 35.4 Å². The van der Waals surface area contributed by atoms with Gasteiger partial charge in [0, 0.05) is 13.3 Å². The van der Waals surface area contributed by atoms with E-state index in [0.717, 1.165) is 32.1 Å². The highest BCUT2D eigenvalue weighted by Crippen LogP contribution is 2.45. The van der Waals surface area contributed by atoms with Crippen molar-refractivity contribution in [2.45, 2.75) is 93.6 Å². The zero-order valence-corrected chi connectivity index (χ0v) is 19.9. The van der Waals surface area contributed by atoms with Crippen molar-refractivity contribution in [3.05, 3.63) is 12.3 Å². The molecule has 2 fully saturated rings. The Morgan fingerprint density at radius 2 is 1.73 bits per heavy atom. The van der Waals surface area contributed by atoms with Gasteiger partial charge in [-0.1, -0.05) is 32.1 Å². The normalized spacial score (nSPS) is 31.7. The van der Waals surface area contributed by atoms with E-state index in [4.69, 9.17) is 20.3 Å². The van der Waals surface area contributed by atoms with Crippen molar-refractivity contribution < 1.29 is 38.6 Å². The molecule has 0 aromatic carbocycles. The third-order valence-electron chi connectivity index (χ3n) is 7.20. The van der Waals surface area contributed by atoms with E-state index in [-0.39, 0.29) is 11.7 Å². The maximum absolute atomic E-state index is 13.9. The molecule has 188 valence electrons. The summed E-state index contributed by atoms with van der Waals surface area (Å²) in [6.45, 7) is -0.626. The Balaban J connectivity index is 2.01. The number of methoxy groups -OCH3 is 1. The van der Waals surface area contributed by atoms with Crippen LogP contribution < -0.4 is 5.73 Å². The molecule has 33 heavy (non-hydrogen) atoms. The van der Waals surface area contributed by atoms with Crippen molar-refractivity contribution in [1.82, 2.24) is 4.90 Å². The predicted octanol–water partition coefficient (Wildman–Crippen LogP) is 0.951. The summed E-state index contributed by atoms with van der Waals surface area (Å²) >= 11 is 0. The highest BCUT2D eigenvalue weighted by Gasteiger charge is 2.55. The summed E-state index contributed by atoms with van der Waals surface area (Å²) in [6, 6.07) is 0. The van der Waals surface area contributed by atoms with E-state index in [0.29, 0.717) is 32.1 Å². The number of carbonyl (C=O) groups is 1. The summed E-state index contributed by atoms with van der Waals surface area (Å²) in [6.07, 6.45) is 5.83. The molecule has 3 bridgehead atoms. The van der Waals surface area contributed by atoms with Gasteiger partial charge >= 0.3 is 7.82 Å². The van der Waals surface area contributed by atoms with Crippen molar-refractivity contribution in [1.29, 1.82) is 0 Å². The number of rotatable bonds is 7. The van der Waals surface area contributed by atoms with E-state index in [2.05, 4.69) is 9.52 Å². The van der Waals surface area contributed by atoms with E-state index in [1.54, 1.807) is 12.3 Å². The van der Waals surface area contributed by atoms with E-state index in [9.17, 15) is 19.6 Å². The molecule has 1 amide bonds. The molecule has 12 heteroatoms. The molecule has 11 nitrogen and oxygen atoms in total. The predicted molar refractivity (Wildman–Crippen MR) is 120 cm³/mol. The number of nitrogens with zero attached hydrogens (tertiary/aromatic N) is 2. The van der Waals surface area contributed by atoms with Crippen LogP contribution >= 0.6 is 7.82 Å². The largest absolute Gasteiger partial charge is 0.469 e. The molecule has 3 rings (SSSR count). The molecule has 0 aromatic heterocycles. The van der Waals surface area contributed by atoms with Crippen molar-refractivity contribution in [2.75, 3.05) is 13.7 Å². The number of carbonyl (C=O) groups excluding carboxylic acids is 1. The minimum atomic E-state index is -4.80. The summed E-state index contributed by atoms with van der Waals surface area (Å²) < 4.78 is 20.9. The van der Waals surface area contributed by atoms with E-state index < -0.39 is 43.8 Å². The number of hydrogen-bond donors (Lipinski definition) is 5. The Morgan fingerprint density at radius 3 is 2.39 bits per heavy atom. The molecular formula is C21H36N3O8P. The van der Waals surface area contributed by atoms with Crippen LogP contribution in [0.3, 0.4) is 0 Å². The molecule has 2 saturated heterocycles. The van der Waals surface area contributed by atoms with Gasteiger partial charge in [-0.15, -0.1) is 0 Å². The quantitative estimate of drug-likeness (QED) is 0.326. The second-order valence-electron chi connectivity index (χ2n) is 9.28. The van der Waals surface area contributed by atoms with Crippen LogP contribution in [0.15, 0.2) is 17.3 Å². The van der Waals surface area contributed by atoms with Crippen molar-refractivity contribution in [2.24, 2.45) is 10.7 Å². The van der Waals surface area contributed by atoms with Crippen LogP contribution in [0.5, 0.6) is 0 Å². The van der Waals surface area contributed by atoms with Gasteiger partial charge in [0.25, 0.3) is 5.91 Å². The van der Waals surface area contributed by atoms with Crippen LogP contribution in [0, 0.1) is 0 Å². The first-order valence-electron chi connectivity index (χ1n) is 11.5. The maximum Gasteiger partial charge on any atom is 0.469 e. The lowest BCUT2D eigenvalue weighted by molar-refractivity contribution is -0.159. The molecular weight excluding hydrogens is 453 g/mol. The van der Waals surface area contributed by atoms with Crippen LogP contribution in [0.25, 0.3) is 0 Å². The lowest BCUT2D eigenvalue weighted by Crippen LogP contribution is -2.63. The van der Waals surface area contributed by atoms with Gasteiger partial charge in [-0.3, -0.25) is 14.3 Å². The highest BCUT2D eigenvalue weighted by atomic mass is 31.2. The molecule has 0 aliphatic carbocycles. The number of aliphatic hydroxyl groups excluding tert-OH is 2. The number of amidine groups is 1. The Labute approximate surface area is 193 Å². The van der Waals surface area contributed by atoms with Gasteiger partial charge in [-0.25, -0.2) is 4.57 Å². The Hall–Kier alpha value is -1.33. The number of phosphoric acid groups is 1. The summed E-state index contributed by atoms with van der Waals surface area (Å²) in [5.74, 6) is 0.00356. The van der Waals surface area contributed by atoms with Crippen molar-refractivity contribution >= 4 is 19.6 Å². The SMILES string of the molecule is COC(COP(=O)(O)O)C(O)C(O)C12CCCCCCCC3(CCC1)N=C(N)C=CN2C3=O. The van der Waals surface area contributed by atoms with Crippen molar-refractivity contribution in [3.8, 4) is 0 Å². The Kier molecular flexibility index (Phi) is 8.37. The van der Waals surface area contributed by atoms with Crippen LogP contribution in [-0.4, -0.2) is 79.7 Å². The second-order valence-corrected chi connectivity index (χ2v) is 10.5. The fraction of sp³-hybridized carbons (Fsp3) is 0.810. The molecule has 0 saturated carbocycles. The smallest absolute Gasteiger partial charge is 0.388 e. The molecule has 3 aliphatic heterocycles. The lowest BCUT2D eigenvalue weighted by atomic mass is 9.77. The van der Waals surface area contributed by atoms with Gasteiger partial charge in [-0.05, 0) is 38.2 Å². The second kappa shape index (κ2) is 10.5. The number of phosphoric ester groups is 1. The fourth-order valence-electron chi connectivity index (χ4n) is 5.44. The molecule has 0 spiro atoms. The third-order valence-corrected chi connectivity index (χ3v) is 7.68. The summed E-state index contributed by atoms with van der Waals surface area (Å²) in [7, 11) is -3.55. The number of aliphatic imine (C=N–C) groups is 1. The minimum Gasteiger partial charge on any atom is -0.388 e. The fourth-order valence-corrected chi connectivity index (χ4v) is 5.79. The standard InChI is InChI=1S/C21H36N3O8P/c1-31-15(14-32-33(28,29)30)17(25)18(26)21-11-6-4-2-3-5-9-20(10-7-12-21)19(27)24(21)13-8-16(22)23-20/h8,13,15,17-18,25-26H,2-7,9-12,14H2,1H3,(H2,22,23)(H2,28,29,30). The molecule has 5 unspecified atom stereocenters. The first-order valence-corrected chi connectivity index (χ1v) is 13.0. The topological polar surface area (TPSA) is 175 Å². The van der Waals surface area contributed by atoms with E-state index in [1.807, 2.05) is 0 Å². The van der Waals surface area contributed by atoms with Crippen molar-refractivity contribution in [3.63, 3.8) is 0 Å². The molecule has 0 radical (unpaired) electrons. The van der Waals surface area contributed by atoms with Gasteiger partial charge in [0.1, 0.15) is 29.7 Å². The Morgan fingerprint density at radius 1 is 1.12 bits per heavy atom. The molecule has 5 atom stereocenters. The molecule has 6 N–H and O–H groups in total. The third kappa shape index (κ3) is 5.67. The minimum absolute atomic E-state index is 0.245. The average molecular weight is 490 g/mol. The number of amides is 1. The molecule has 3 heterocycles. The average Bonchev–Trinajstić information content (AvgIpc) is 2.95. The Bertz CT molecular complexity index is 817. The summed E-state index contributed by atoms with van der Waals surface area (Å²) in [5, 5.41) is 22.6. The molecule has 0 aromatic rings.